The quantitative estimate of drug-likeness (QED) is 0.755. The van der Waals surface area contributed by atoms with Crippen LogP contribution < -0.4 is 10.2 Å². The van der Waals surface area contributed by atoms with Gasteiger partial charge < -0.3 is 15.2 Å². The van der Waals surface area contributed by atoms with Gasteiger partial charge in [-0.05, 0) is 19.1 Å². The third kappa shape index (κ3) is 2.45. The Balaban J connectivity index is 1.94. The van der Waals surface area contributed by atoms with Crippen LogP contribution in [0, 0.1) is 6.92 Å². The number of anilines is 1. The average Bonchev–Trinajstić information content (AvgIpc) is 3.03. The van der Waals surface area contributed by atoms with Gasteiger partial charge in [-0.2, -0.15) is 0 Å². The monoisotopic (exact) mass is 335 g/mol. The second-order valence-electron chi connectivity index (χ2n) is 6.82. The Kier molecular flexibility index (Phi) is 3.49. The van der Waals surface area contributed by atoms with E-state index < -0.39 is 0 Å². The number of fused-ring (bicyclic) bond motifs is 2. The lowest BCUT2D eigenvalue weighted by atomic mass is 9.99. The second-order valence-corrected chi connectivity index (χ2v) is 6.82. The van der Waals surface area contributed by atoms with E-state index in [9.17, 15) is 4.79 Å². The molecule has 1 aliphatic rings. The summed E-state index contributed by atoms with van der Waals surface area (Å²) in [5.41, 5.74) is 6.16. The fourth-order valence-electron chi connectivity index (χ4n) is 3.43. The molecule has 2 aromatic heterocycles. The largest absolute Gasteiger partial charge is 0.361 e. The predicted molar refractivity (Wildman–Crippen MR) is 99.1 cm³/mol. The Morgan fingerprint density at radius 3 is 2.72 bits per heavy atom. The van der Waals surface area contributed by atoms with E-state index in [2.05, 4.69) is 17.2 Å². The van der Waals surface area contributed by atoms with Gasteiger partial charge in [0.2, 0.25) is 0 Å². The molecule has 25 heavy (non-hydrogen) atoms. The van der Waals surface area contributed by atoms with E-state index in [1.807, 2.05) is 50.2 Å². The molecule has 0 spiro atoms. The number of hydrogen-bond acceptors (Lipinski definition) is 4. The van der Waals surface area contributed by atoms with Crippen LogP contribution in [0.4, 0.5) is 5.82 Å². The molecule has 1 aromatic carbocycles. The zero-order valence-electron chi connectivity index (χ0n) is 14.8. The topological polar surface area (TPSA) is 73.9 Å². The minimum atomic E-state index is -0.0215. The molecule has 2 N–H and O–H groups in total. The van der Waals surface area contributed by atoms with Crippen LogP contribution in [0.5, 0.6) is 0 Å². The van der Waals surface area contributed by atoms with Crippen molar-refractivity contribution in [2.24, 2.45) is 0 Å². The number of aryl methyl sites for hydroxylation is 1. The SMILES string of the molecule is Cc1nc2cccc(-c3cc4c([nH]3)C(C)CNC4=O)c2nc1N(C)C. The van der Waals surface area contributed by atoms with Crippen LogP contribution >= 0.6 is 0 Å². The van der Waals surface area contributed by atoms with E-state index >= 15 is 0 Å². The number of hydrogen-bond donors (Lipinski definition) is 2. The maximum atomic E-state index is 12.2. The Labute approximate surface area is 146 Å². The van der Waals surface area contributed by atoms with Gasteiger partial charge in [-0.15, -0.1) is 0 Å². The number of rotatable bonds is 2. The first kappa shape index (κ1) is 15.6. The molecule has 0 saturated heterocycles. The Bertz CT molecular complexity index is 989. The smallest absolute Gasteiger partial charge is 0.253 e. The third-order valence-corrected chi connectivity index (χ3v) is 4.71. The molecule has 1 unspecified atom stereocenters. The van der Waals surface area contributed by atoms with E-state index in [4.69, 9.17) is 9.97 Å². The number of nitrogens with one attached hydrogen (secondary N) is 2. The molecule has 3 aromatic rings. The molecular formula is C19H21N5O. The summed E-state index contributed by atoms with van der Waals surface area (Å²) in [6, 6.07) is 7.89. The normalized spacial score (nSPS) is 16.6. The lowest BCUT2D eigenvalue weighted by Gasteiger charge is -2.18. The summed E-state index contributed by atoms with van der Waals surface area (Å²) in [4.78, 5) is 27.1. The molecule has 6 heteroatoms. The number of aromatic amines is 1. The highest BCUT2D eigenvalue weighted by molar-refractivity contribution is 6.00. The number of para-hydroxylation sites is 1. The summed E-state index contributed by atoms with van der Waals surface area (Å²) >= 11 is 0. The van der Waals surface area contributed by atoms with Crippen molar-refractivity contribution in [2.75, 3.05) is 25.5 Å². The number of amides is 1. The number of aromatic nitrogens is 3. The van der Waals surface area contributed by atoms with Gasteiger partial charge in [0.25, 0.3) is 5.91 Å². The van der Waals surface area contributed by atoms with Gasteiger partial charge in [0.1, 0.15) is 11.3 Å². The van der Waals surface area contributed by atoms with E-state index in [0.29, 0.717) is 6.54 Å². The average molecular weight is 335 g/mol. The Hall–Kier alpha value is -2.89. The highest BCUT2D eigenvalue weighted by atomic mass is 16.1. The van der Waals surface area contributed by atoms with Crippen molar-refractivity contribution in [3.63, 3.8) is 0 Å². The van der Waals surface area contributed by atoms with Crippen LogP contribution in [-0.2, 0) is 0 Å². The molecule has 3 heterocycles. The molecule has 0 aliphatic carbocycles. The summed E-state index contributed by atoms with van der Waals surface area (Å²) in [6.45, 7) is 4.73. The van der Waals surface area contributed by atoms with Crippen molar-refractivity contribution >= 4 is 22.8 Å². The standard InChI is InChI=1S/C19H21N5O/c1-10-9-20-19(25)13-8-15(22-16(10)13)12-6-5-7-14-17(12)23-18(24(3)4)11(2)21-14/h5-8,10,22H,9H2,1-4H3,(H,20,25). The molecule has 0 fully saturated rings. The number of carbonyl (C=O) groups excluding carboxylic acids is 1. The molecule has 1 atom stereocenters. The number of H-pyrrole nitrogens is 1. The summed E-state index contributed by atoms with van der Waals surface area (Å²) in [6.07, 6.45) is 0. The maximum Gasteiger partial charge on any atom is 0.253 e. The van der Waals surface area contributed by atoms with Gasteiger partial charge in [0.05, 0.1) is 16.8 Å². The van der Waals surface area contributed by atoms with Crippen molar-refractivity contribution in [3.05, 3.63) is 41.2 Å². The van der Waals surface area contributed by atoms with Crippen LogP contribution in [0.25, 0.3) is 22.3 Å². The molecule has 6 nitrogen and oxygen atoms in total. The van der Waals surface area contributed by atoms with E-state index in [0.717, 1.165) is 45.1 Å². The van der Waals surface area contributed by atoms with Gasteiger partial charge in [-0.3, -0.25) is 4.79 Å². The molecule has 4 rings (SSSR count). The molecule has 0 radical (unpaired) electrons. The van der Waals surface area contributed by atoms with E-state index in [1.165, 1.54) is 0 Å². The van der Waals surface area contributed by atoms with Crippen molar-refractivity contribution < 1.29 is 4.79 Å². The third-order valence-electron chi connectivity index (χ3n) is 4.71. The van der Waals surface area contributed by atoms with Gasteiger partial charge in [-0.1, -0.05) is 19.1 Å². The first-order chi connectivity index (χ1) is 12.0. The molecule has 0 saturated carbocycles. The van der Waals surface area contributed by atoms with Gasteiger partial charge in [0.15, 0.2) is 0 Å². The number of benzene rings is 1. The summed E-state index contributed by atoms with van der Waals surface area (Å²) in [5, 5.41) is 2.93. The number of nitrogens with zero attached hydrogens (tertiary/aromatic N) is 3. The fourth-order valence-corrected chi connectivity index (χ4v) is 3.43. The summed E-state index contributed by atoms with van der Waals surface area (Å²) in [5.74, 6) is 1.09. The summed E-state index contributed by atoms with van der Waals surface area (Å²) < 4.78 is 0. The highest BCUT2D eigenvalue weighted by Gasteiger charge is 2.25. The van der Waals surface area contributed by atoms with E-state index in [1.54, 1.807) is 0 Å². The Morgan fingerprint density at radius 1 is 1.20 bits per heavy atom. The lowest BCUT2D eigenvalue weighted by molar-refractivity contribution is 0.0941. The number of carbonyl (C=O) groups is 1. The Morgan fingerprint density at radius 2 is 2.00 bits per heavy atom. The molecule has 1 amide bonds. The molecule has 128 valence electrons. The first-order valence-electron chi connectivity index (χ1n) is 8.42. The minimum Gasteiger partial charge on any atom is -0.361 e. The molecule has 1 aliphatic heterocycles. The van der Waals surface area contributed by atoms with Crippen molar-refractivity contribution in [3.8, 4) is 11.3 Å². The zero-order chi connectivity index (χ0) is 17.7. The van der Waals surface area contributed by atoms with Gasteiger partial charge in [-0.25, -0.2) is 9.97 Å². The molecule has 0 bridgehead atoms. The van der Waals surface area contributed by atoms with Crippen molar-refractivity contribution in [1.82, 2.24) is 20.3 Å². The predicted octanol–water partition coefficient (Wildman–Crippen LogP) is 2.85. The van der Waals surface area contributed by atoms with Gasteiger partial charge >= 0.3 is 0 Å². The second kappa shape index (κ2) is 5.58. The fraction of sp³-hybridized carbons (Fsp3) is 0.316. The molecular weight excluding hydrogens is 314 g/mol. The highest BCUT2D eigenvalue weighted by Crippen LogP contribution is 2.32. The summed E-state index contributed by atoms with van der Waals surface area (Å²) in [7, 11) is 3.93. The van der Waals surface area contributed by atoms with Crippen LogP contribution in [0.2, 0.25) is 0 Å². The van der Waals surface area contributed by atoms with E-state index in [-0.39, 0.29) is 11.8 Å². The van der Waals surface area contributed by atoms with Crippen LogP contribution in [0.1, 0.15) is 34.6 Å². The van der Waals surface area contributed by atoms with Crippen molar-refractivity contribution in [2.45, 2.75) is 19.8 Å². The lowest BCUT2D eigenvalue weighted by Crippen LogP contribution is -2.33. The zero-order valence-corrected chi connectivity index (χ0v) is 14.8. The maximum absolute atomic E-state index is 12.2. The minimum absolute atomic E-state index is 0.0215. The first-order valence-corrected chi connectivity index (χ1v) is 8.42. The van der Waals surface area contributed by atoms with Crippen LogP contribution in [-0.4, -0.2) is 41.5 Å². The van der Waals surface area contributed by atoms with Gasteiger partial charge in [0, 0.05) is 43.5 Å². The van der Waals surface area contributed by atoms with Crippen LogP contribution in [0.3, 0.4) is 0 Å². The van der Waals surface area contributed by atoms with Crippen LogP contribution in [0.15, 0.2) is 24.3 Å². The van der Waals surface area contributed by atoms with Crippen molar-refractivity contribution in [1.29, 1.82) is 0 Å².